The first-order chi connectivity index (χ1) is 7.89. The zero-order valence-corrected chi connectivity index (χ0v) is 10.6. The van der Waals surface area contributed by atoms with Gasteiger partial charge < -0.3 is 5.32 Å². The van der Waals surface area contributed by atoms with Crippen molar-refractivity contribution in [3.8, 4) is 0 Å². The first kappa shape index (κ1) is 10.7. The van der Waals surface area contributed by atoms with Crippen LogP contribution in [0.3, 0.4) is 0 Å². The molecular weight excluding hydrogens is 216 g/mol. The molecule has 3 heteroatoms. The van der Waals surface area contributed by atoms with Crippen molar-refractivity contribution in [3.63, 3.8) is 0 Å². The van der Waals surface area contributed by atoms with Crippen LogP contribution in [0.15, 0.2) is 11.6 Å². The second kappa shape index (κ2) is 4.46. The fourth-order valence-corrected chi connectivity index (χ4v) is 4.18. The average molecular weight is 236 g/mol. The van der Waals surface area contributed by atoms with E-state index in [2.05, 4.69) is 15.7 Å². The normalized spacial score (nSPS) is 25.2. The minimum Gasteiger partial charge on any atom is -0.303 e. The van der Waals surface area contributed by atoms with Gasteiger partial charge in [-0.3, -0.25) is 0 Å². The summed E-state index contributed by atoms with van der Waals surface area (Å²) in [5.41, 5.74) is 0.239. The van der Waals surface area contributed by atoms with E-state index in [1.807, 2.05) is 17.5 Å². The number of rotatable bonds is 3. The molecule has 0 spiro atoms. The Balaban J connectivity index is 1.79. The second-order valence-electron chi connectivity index (χ2n) is 5.25. The predicted molar refractivity (Wildman–Crippen MR) is 67.7 cm³/mol. The maximum absolute atomic E-state index is 4.57. The summed E-state index contributed by atoms with van der Waals surface area (Å²) in [6.07, 6.45) is 12.8. The summed E-state index contributed by atoms with van der Waals surface area (Å²) in [5, 5.41) is 7.39. The van der Waals surface area contributed by atoms with Crippen LogP contribution in [0.4, 0.5) is 0 Å². The molecule has 0 bridgehead atoms. The molecule has 16 heavy (non-hydrogen) atoms. The zero-order chi connectivity index (χ0) is 10.8. The molecule has 1 heterocycles. The highest BCUT2D eigenvalue weighted by molar-refractivity contribution is 7.09. The lowest BCUT2D eigenvalue weighted by molar-refractivity contribution is 0.294. The van der Waals surface area contributed by atoms with E-state index in [4.69, 9.17) is 0 Å². The lowest BCUT2D eigenvalue weighted by Crippen LogP contribution is -2.45. The van der Waals surface area contributed by atoms with Crippen LogP contribution in [0.5, 0.6) is 0 Å². The van der Waals surface area contributed by atoms with Crippen molar-refractivity contribution in [2.75, 3.05) is 0 Å². The van der Waals surface area contributed by atoms with E-state index in [0.717, 1.165) is 6.04 Å². The molecule has 3 rings (SSSR count). The molecule has 1 aromatic rings. The van der Waals surface area contributed by atoms with Crippen molar-refractivity contribution in [3.05, 3.63) is 16.6 Å². The Morgan fingerprint density at radius 1 is 1.19 bits per heavy atom. The van der Waals surface area contributed by atoms with E-state index < -0.39 is 0 Å². The molecule has 2 fully saturated rings. The van der Waals surface area contributed by atoms with Crippen molar-refractivity contribution in [2.45, 2.75) is 62.9 Å². The zero-order valence-electron chi connectivity index (χ0n) is 9.74. The van der Waals surface area contributed by atoms with Crippen molar-refractivity contribution >= 4 is 11.3 Å². The number of nitrogens with zero attached hydrogens (tertiary/aromatic N) is 1. The minimum absolute atomic E-state index is 0.239. The van der Waals surface area contributed by atoms with E-state index in [0.29, 0.717) is 0 Å². The number of aromatic nitrogens is 1. The molecular formula is C13H20N2S. The van der Waals surface area contributed by atoms with Gasteiger partial charge in [-0.05, 0) is 25.7 Å². The fraction of sp³-hybridized carbons (Fsp3) is 0.769. The highest BCUT2D eigenvalue weighted by Crippen LogP contribution is 2.41. The third-order valence-corrected chi connectivity index (χ3v) is 5.11. The first-order valence-electron chi connectivity index (χ1n) is 6.57. The number of hydrogen-bond acceptors (Lipinski definition) is 3. The lowest BCUT2D eigenvalue weighted by Gasteiger charge is -2.31. The van der Waals surface area contributed by atoms with Gasteiger partial charge in [-0.15, -0.1) is 11.3 Å². The Morgan fingerprint density at radius 3 is 2.56 bits per heavy atom. The molecule has 2 saturated carbocycles. The van der Waals surface area contributed by atoms with Gasteiger partial charge in [-0.2, -0.15) is 0 Å². The van der Waals surface area contributed by atoms with Gasteiger partial charge >= 0.3 is 0 Å². The summed E-state index contributed by atoms with van der Waals surface area (Å²) >= 11 is 1.83. The van der Waals surface area contributed by atoms with E-state index in [1.54, 1.807) is 0 Å². The molecule has 2 nitrogen and oxygen atoms in total. The molecule has 1 N–H and O–H groups in total. The van der Waals surface area contributed by atoms with Gasteiger partial charge in [0.1, 0.15) is 5.01 Å². The van der Waals surface area contributed by atoms with Crippen molar-refractivity contribution in [1.29, 1.82) is 0 Å². The smallest absolute Gasteiger partial charge is 0.113 e. The number of hydrogen-bond donors (Lipinski definition) is 1. The van der Waals surface area contributed by atoms with Crippen molar-refractivity contribution in [1.82, 2.24) is 10.3 Å². The molecule has 0 radical (unpaired) electrons. The molecule has 1 aromatic heterocycles. The fourth-order valence-electron chi connectivity index (χ4n) is 3.32. The summed E-state index contributed by atoms with van der Waals surface area (Å²) < 4.78 is 0. The SMILES string of the molecule is c1csc(C2(NC3CCCC3)CCCC2)n1. The van der Waals surface area contributed by atoms with Gasteiger partial charge in [0.25, 0.3) is 0 Å². The molecule has 0 atom stereocenters. The minimum atomic E-state index is 0.239. The van der Waals surface area contributed by atoms with Crippen molar-refractivity contribution < 1.29 is 0 Å². The summed E-state index contributed by atoms with van der Waals surface area (Å²) in [7, 11) is 0. The maximum Gasteiger partial charge on any atom is 0.113 e. The maximum atomic E-state index is 4.57. The third kappa shape index (κ3) is 1.91. The van der Waals surface area contributed by atoms with E-state index in [9.17, 15) is 0 Å². The van der Waals surface area contributed by atoms with Crippen LogP contribution in [0, 0.1) is 0 Å². The Morgan fingerprint density at radius 2 is 1.94 bits per heavy atom. The molecule has 0 unspecified atom stereocenters. The summed E-state index contributed by atoms with van der Waals surface area (Å²) in [6.45, 7) is 0. The highest BCUT2D eigenvalue weighted by Gasteiger charge is 2.39. The van der Waals surface area contributed by atoms with Crippen LogP contribution < -0.4 is 5.32 Å². The van der Waals surface area contributed by atoms with Gasteiger partial charge in [0.2, 0.25) is 0 Å². The van der Waals surface area contributed by atoms with E-state index in [1.165, 1.54) is 56.4 Å². The highest BCUT2D eigenvalue weighted by atomic mass is 32.1. The Kier molecular flexibility index (Phi) is 2.99. The number of nitrogens with one attached hydrogen (secondary N) is 1. The van der Waals surface area contributed by atoms with Crippen LogP contribution in [0.1, 0.15) is 56.4 Å². The first-order valence-corrected chi connectivity index (χ1v) is 7.45. The molecule has 0 saturated heterocycles. The van der Waals surface area contributed by atoms with Crippen LogP contribution in [0.2, 0.25) is 0 Å². The average Bonchev–Trinajstić information content (AvgIpc) is 3.00. The Bertz CT molecular complexity index is 322. The number of thiazole rings is 1. The standard InChI is InChI=1S/C13H20N2S/c1-2-6-11(5-1)15-13(7-3-4-8-13)12-14-9-10-16-12/h9-11,15H,1-8H2. The predicted octanol–water partition coefficient (Wildman–Crippen LogP) is 3.44. The Labute approximate surface area is 101 Å². The van der Waals surface area contributed by atoms with Crippen molar-refractivity contribution in [2.24, 2.45) is 0 Å². The monoisotopic (exact) mass is 236 g/mol. The molecule has 88 valence electrons. The second-order valence-corrected chi connectivity index (χ2v) is 6.15. The quantitative estimate of drug-likeness (QED) is 0.869. The van der Waals surface area contributed by atoms with Gasteiger partial charge in [0.15, 0.2) is 0 Å². The lowest BCUT2D eigenvalue weighted by atomic mass is 9.96. The summed E-state index contributed by atoms with van der Waals surface area (Å²) in [6, 6.07) is 0.752. The van der Waals surface area contributed by atoms with Gasteiger partial charge in [0.05, 0.1) is 5.54 Å². The largest absolute Gasteiger partial charge is 0.303 e. The van der Waals surface area contributed by atoms with Gasteiger partial charge in [-0.25, -0.2) is 4.98 Å². The van der Waals surface area contributed by atoms with Gasteiger partial charge in [-0.1, -0.05) is 25.7 Å². The van der Waals surface area contributed by atoms with Crippen LogP contribution in [0.25, 0.3) is 0 Å². The molecule has 2 aliphatic rings. The van der Waals surface area contributed by atoms with Gasteiger partial charge in [0, 0.05) is 17.6 Å². The topological polar surface area (TPSA) is 24.9 Å². The van der Waals surface area contributed by atoms with E-state index in [-0.39, 0.29) is 5.54 Å². The third-order valence-electron chi connectivity index (χ3n) is 4.13. The van der Waals surface area contributed by atoms with Crippen LogP contribution >= 0.6 is 11.3 Å². The van der Waals surface area contributed by atoms with Crippen LogP contribution in [-0.2, 0) is 5.54 Å². The molecule has 0 aromatic carbocycles. The summed E-state index contributed by atoms with van der Waals surface area (Å²) in [4.78, 5) is 4.57. The molecule has 0 amide bonds. The van der Waals surface area contributed by atoms with E-state index >= 15 is 0 Å². The van der Waals surface area contributed by atoms with Crippen LogP contribution in [-0.4, -0.2) is 11.0 Å². The molecule has 2 aliphatic carbocycles. The molecule has 0 aliphatic heterocycles. The summed E-state index contributed by atoms with van der Waals surface area (Å²) in [5.74, 6) is 0. The Hall–Kier alpha value is -0.410.